The van der Waals surface area contributed by atoms with Crippen LogP contribution in [-0.4, -0.2) is 37.2 Å². The van der Waals surface area contributed by atoms with Gasteiger partial charge in [0.1, 0.15) is 17.5 Å². The molecule has 19 heavy (non-hydrogen) atoms. The van der Waals surface area contributed by atoms with Gasteiger partial charge in [-0.1, -0.05) is 6.07 Å². The SMILES string of the molecule is COc1ccc(CC(NC(C)=O)C(=O)O)c(OC)c1. The molecule has 0 aromatic heterocycles. The summed E-state index contributed by atoms with van der Waals surface area (Å²) in [5.74, 6) is -0.337. The molecule has 0 spiro atoms. The molecule has 0 aliphatic heterocycles. The van der Waals surface area contributed by atoms with Crippen LogP contribution < -0.4 is 14.8 Å². The Morgan fingerprint density at radius 3 is 2.47 bits per heavy atom. The van der Waals surface area contributed by atoms with Gasteiger partial charge in [0.15, 0.2) is 0 Å². The number of methoxy groups -OCH3 is 2. The average Bonchev–Trinajstić information content (AvgIpc) is 2.37. The summed E-state index contributed by atoms with van der Waals surface area (Å²) in [6.45, 7) is 1.28. The molecule has 6 nitrogen and oxygen atoms in total. The number of aliphatic carboxylic acids is 1. The minimum atomic E-state index is -1.09. The van der Waals surface area contributed by atoms with E-state index in [4.69, 9.17) is 14.6 Å². The first-order valence-electron chi connectivity index (χ1n) is 5.68. The Balaban J connectivity index is 2.95. The minimum absolute atomic E-state index is 0.141. The zero-order valence-corrected chi connectivity index (χ0v) is 11.1. The van der Waals surface area contributed by atoms with Gasteiger partial charge < -0.3 is 19.9 Å². The van der Waals surface area contributed by atoms with Crippen LogP contribution in [0.1, 0.15) is 12.5 Å². The molecule has 0 aliphatic carbocycles. The van der Waals surface area contributed by atoms with Gasteiger partial charge in [-0.05, 0) is 11.6 Å². The maximum absolute atomic E-state index is 11.1. The Morgan fingerprint density at radius 1 is 1.32 bits per heavy atom. The van der Waals surface area contributed by atoms with Crippen molar-refractivity contribution >= 4 is 11.9 Å². The number of hydrogen-bond acceptors (Lipinski definition) is 4. The van der Waals surface area contributed by atoms with E-state index in [1.807, 2.05) is 0 Å². The number of rotatable bonds is 6. The Kier molecular flexibility index (Phi) is 5.17. The van der Waals surface area contributed by atoms with Gasteiger partial charge in [0.2, 0.25) is 5.91 Å². The number of carbonyl (C=O) groups is 2. The van der Waals surface area contributed by atoms with Gasteiger partial charge in [0, 0.05) is 19.4 Å². The van der Waals surface area contributed by atoms with E-state index in [9.17, 15) is 9.59 Å². The number of carbonyl (C=O) groups excluding carboxylic acids is 1. The number of carboxylic acids is 1. The van der Waals surface area contributed by atoms with Gasteiger partial charge in [-0.3, -0.25) is 4.79 Å². The number of hydrogen-bond donors (Lipinski definition) is 2. The lowest BCUT2D eigenvalue weighted by atomic mass is 10.0. The molecule has 0 bridgehead atoms. The molecule has 2 N–H and O–H groups in total. The molecule has 0 aliphatic rings. The maximum atomic E-state index is 11.1. The highest BCUT2D eigenvalue weighted by atomic mass is 16.5. The third kappa shape index (κ3) is 4.17. The normalized spacial score (nSPS) is 11.5. The van der Waals surface area contributed by atoms with Crippen molar-refractivity contribution < 1.29 is 24.2 Å². The topological polar surface area (TPSA) is 84.9 Å². The lowest BCUT2D eigenvalue weighted by Gasteiger charge is -2.16. The number of amides is 1. The molecule has 0 fully saturated rings. The second kappa shape index (κ2) is 6.63. The van der Waals surface area contributed by atoms with Crippen molar-refractivity contribution in [1.29, 1.82) is 0 Å². The van der Waals surface area contributed by atoms with Gasteiger partial charge >= 0.3 is 5.97 Å². The Morgan fingerprint density at radius 2 is 2.00 bits per heavy atom. The molecule has 0 saturated carbocycles. The van der Waals surface area contributed by atoms with E-state index in [2.05, 4.69) is 5.32 Å². The Hall–Kier alpha value is -2.24. The van der Waals surface area contributed by atoms with Crippen LogP contribution in [0.2, 0.25) is 0 Å². The van der Waals surface area contributed by atoms with E-state index in [0.29, 0.717) is 17.1 Å². The van der Waals surface area contributed by atoms with Gasteiger partial charge in [-0.25, -0.2) is 4.79 Å². The number of carboxylic acid groups (broad SMARTS) is 1. The van der Waals surface area contributed by atoms with E-state index in [1.54, 1.807) is 18.2 Å². The highest BCUT2D eigenvalue weighted by Crippen LogP contribution is 2.25. The van der Waals surface area contributed by atoms with E-state index < -0.39 is 12.0 Å². The largest absolute Gasteiger partial charge is 0.497 e. The molecule has 0 heterocycles. The molecule has 0 radical (unpaired) electrons. The first-order valence-corrected chi connectivity index (χ1v) is 5.68. The molecule has 0 saturated heterocycles. The predicted molar refractivity (Wildman–Crippen MR) is 68.5 cm³/mol. The molecule has 1 rings (SSSR count). The molecular weight excluding hydrogens is 250 g/mol. The number of ether oxygens (including phenoxy) is 2. The minimum Gasteiger partial charge on any atom is -0.497 e. The third-order valence-electron chi connectivity index (χ3n) is 2.59. The van der Waals surface area contributed by atoms with Crippen LogP contribution in [-0.2, 0) is 16.0 Å². The average molecular weight is 267 g/mol. The smallest absolute Gasteiger partial charge is 0.326 e. The lowest BCUT2D eigenvalue weighted by molar-refractivity contribution is -0.141. The van der Waals surface area contributed by atoms with Crippen molar-refractivity contribution in [3.63, 3.8) is 0 Å². The molecule has 1 aromatic rings. The van der Waals surface area contributed by atoms with Crippen molar-refractivity contribution in [1.82, 2.24) is 5.32 Å². The summed E-state index contributed by atoms with van der Waals surface area (Å²) in [5, 5.41) is 11.5. The maximum Gasteiger partial charge on any atom is 0.326 e. The molecular formula is C13H17NO5. The summed E-state index contributed by atoms with van der Waals surface area (Å²) >= 11 is 0. The fourth-order valence-electron chi connectivity index (χ4n) is 1.69. The first-order chi connectivity index (χ1) is 8.97. The second-order valence-electron chi connectivity index (χ2n) is 3.97. The van der Waals surface area contributed by atoms with Crippen LogP contribution in [0.15, 0.2) is 18.2 Å². The quantitative estimate of drug-likeness (QED) is 0.797. The van der Waals surface area contributed by atoms with Gasteiger partial charge in [0.25, 0.3) is 0 Å². The van der Waals surface area contributed by atoms with Crippen LogP contribution in [0.4, 0.5) is 0 Å². The van der Waals surface area contributed by atoms with Gasteiger partial charge in [-0.15, -0.1) is 0 Å². The van der Waals surface area contributed by atoms with E-state index in [1.165, 1.54) is 21.1 Å². The van der Waals surface area contributed by atoms with Crippen LogP contribution in [0, 0.1) is 0 Å². The van der Waals surface area contributed by atoms with Crippen LogP contribution in [0.25, 0.3) is 0 Å². The monoisotopic (exact) mass is 267 g/mol. The van der Waals surface area contributed by atoms with Crippen molar-refractivity contribution in [3.05, 3.63) is 23.8 Å². The highest BCUT2D eigenvalue weighted by molar-refractivity contribution is 5.82. The van der Waals surface area contributed by atoms with E-state index in [0.717, 1.165) is 0 Å². The fourth-order valence-corrected chi connectivity index (χ4v) is 1.69. The number of benzene rings is 1. The molecule has 104 valence electrons. The van der Waals surface area contributed by atoms with E-state index >= 15 is 0 Å². The zero-order chi connectivity index (χ0) is 14.4. The van der Waals surface area contributed by atoms with Crippen LogP contribution in [0.3, 0.4) is 0 Å². The van der Waals surface area contributed by atoms with Crippen molar-refractivity contribution in [3.8, 4) is 11.5 Å². The lowest BCUT2D eigenvalue weighted by Crippen LogP contribution is -2.41. The van der Waals surface area contributed by atoms with Crippen LogP contribution in [0.5, 0.6) is 11.5 Å². The molecule has 1 atom stereocenters. The number of nitrogens with one attached hydrogen (secondary N) is 1. The zero-order valence-electron chi connectivity index (χ0n) is 11.1. The van der Waals surface area contributed by atoms with Gasteiger partial charge in [0.05, 0.1) is 14.2 Å². The highest BCUT2D eigenvalue weighted by Gasteiger charge is 2.20. The summed E-state index contributed by atoms with van der Waals surface area (Å²) in [6, 6.07) is 4.11. The molecule has 1 amide bonds. The predicted octanol–water partition coefficient (Wildman–Crippen LogP) is 0.836. The van der Waals surface area contributed by atoms with E-state index in [-0.39, 0.29) is 12.3 Å². The standard InChI is InChI=1S/C13H17NO5/c1-8(15)14-11(13(16)17)6-9-4-5-10(18-2)7-12(9)19-3/h4-5,7,11H,6H2,1-3H3,(H,14,15)(H,16,17). The fraction of sp³-hybridized carbons (Fsp3) is 0.385. The first kappa shape index (κ1) is 14.8. The molecule has 1 unspecified atom stereocenters. The second-order valence-corrected chi connectivity index (χ2v) is 3.97. The van der Waals surface area contributed by atoms with Crippen molar-refractivity contribution in [2.75, 3.05) is 14.2 Å². The summed E-state index contributed by atoms with van der Waals surface area (Å²) in [4.78, 5) is 22.1. The Bertz CT molecular complexity index is 472. The molecule has 6 heteroatoms. The third-order valence-corrected chi connectivity index (χ3v) is 2.59. The van der Waals surface area contributed by atoms with Crippen molar-refractivity contribution in [2.45, 2.75) is 19.4 Å². The summed E-state index contributed by atoms with van der Waals surface area (Å²) < 4.78 is 10.3. The summed E-state index contributed by atoms with van der Waals surface area (Å²) in [5.41, 5.74) is 0.685. The van der Waals surface area contributed by atoms with Crippen molar-refractivity contribution in [2.24, 2.45) is 0 Å². The Labute approximate surface area is 111 Å². The molecule has 1 aromatic carbocycles. The summed E-state index contributed by atoms with van der Waals surface area (Å²) in [7, 11) is 3.03. The van der Waals surface area contributed by atoms with Gasteiger partial charge in [-0.2, -0.15) is 0 Å². The summed E-state index contributed by atoms with van der Waals surface area (Å²) in [6.07, 6.45) is 0.141. The van der Waals surface area contributed by atoms with Crippen LogP contribution >= 0.6 is 0 Å².